The number of rotatable bonds is 6. The fourth-order valence-corrected chi connectivity index (χ4v) is 3.05. The molecule has 3 aromatic carbocycles. The lowest BCUT2D eigenvalue weighted by molar-refractivity contribution is 0.306. The number of ether oxygens (including phenoxy) is 1. The number of nitrogens with one attached hydrogen (secondary N) is 3. The first-order chi connectivity index (χ1) is 14.3. The molecule has 5 rings (SSSR count). The van der Waals surface area contributed by atoms with E-state index >= 15 is 0 Å². The summed E-state index contributed by atoms with van der Waals surface area (Å²) in [5, 5.41) is 18.4. The summed E-state index contributed by atoms with van der Waals surface area (Å²) in [5.41, 5.74) is 3.95. The number of nitrogens with zero attached hydrogens (tertiary/aromatic N) is 3. The molecule has 0 fully saturated rings. The van der Waals surface area contributed by atoms with Gasteiger partial charge in [-0.15, -0.1) is 5.10 Å². The SMILES string of the molecule is c1ccc(COc2ccc(-c3nc(Nc4ccc5[nH]ncc5c4)n[nH]3)cc2)cc1. The van der Waals surface area contributed by atoms with E-state index in [1.54, 1.807) is 6.20 Å². The smallest absolute Gasteiger partial charge is 0.246 e. The zero-order valence-electron chi connectivity index (χ0n) is 15.5. The Hall–Kier alpha value is -4.13. The normalized spacial score (nSPS) is 10.9. The highest BCUT2D eigenvalue weighted by atomic mass is 16.5. The average Bonchev–Trinajstić information content (AvgIpc) is 3.43. The van der Waals surface area contributed by atoms with Gasteiger partial charge in [0.25, 0.3) is 0 Å². The second-order valence-corrected chi connectivity index (χ2v) is 6.60. The summed E-state index contributed by atoms with van der Waals surface area (Å²) in [6, 6.07) is 23.8. The summed E-state index contributed by atoms with van der Waals surface area (Å²) in [6.45, 7) is 0.539. The van der Waals surface area contributed by atoms with Gasteiger partial charge in [-0.25, -0.2) is 0 Å². The average molecular weight is 382 g/mol. The molecule has 0 atom stereocenters. The first kappa shape index (κ1) is 17.0. The molecule has 0 aliphatic carbocycles. The Labute approximate surface area is 166 Å². The van der Waals surface area contributed by atoms with E-state index in [1.807, 2.05) is 72.8 Å². The highest BCUT2D eigenvalue weighted by Gasteiger charge is 2.07. The van der Waals surface area contributed by atoms with Crippen LogP contribution in [0.15, 0.2) is 79.0 Å². The van der Waals surface area contributed by atoms with Crippen LogP contribution in [0, 0.1) is 0 Å². The molecule has 0 bridgehead atoms. The Morgan fingerprint density at radius 2 is 1.76 bits per heavy atom. The van der Waals surface area contributed by atoms with Crippen molar-refractivity contribution in [1.82, 2.24) is 25.4 Å². The molecule has 2 aromatic heterocycles. The predicted octanol–water partition coefficient (Wildman–Crippen LogP) is 4.67. The van der Waals surface area contributed by atoms with Crippen LogP contribution in [0.3, 0.4) is 0 Å². The van der Waals surface area contributed by atoms with Crippen LogP contribution in [0.2, 0.25) is 0 Å². The van der Waals surface area contributed by atoms with Gasteiger partial charge in [0.2, 0.25) is 5.95 Å². The summed E-state index contributed by atoms with van der Waals surface area (Å²) in [7, 11) is 0. The second-order valence-electron chi connectivity index (χ2n) is 6.60. The first-order valence-electron chi connectivity index (χ1n) is 9.23. The Morgan fingerprint density at radius 1 is 0.897 bits per heavy atom. The fourth-order valence-electron chi connectivity index (χ4n) is 3.05. The van der Waals surface area contributed by atoms with Crippen molar-refractivity contribution in [2.24, 2.45) is 0 Å². The molecule has 0 amide bonds. The highest BCUT2D eigenvalue weighted by Crippen LogP contribution is 2.23. The summed E-state index contributed by atoms with van der Waals surface area (Å²) in [6.07, 6.45) is 1.78. The van der Waals surface area contributed by atoms with E-state index < -0.39 is 0 Å². The van der Waals surface area contributed by atoms with Crippen LogP contribution in [0.5, 0.6) is 5.75 Å². The van der Waals surface area contributed by atoms with Crippen LogP contribution in [-0.4, -0.2) is 25.4 Å². The summed E-state index contributed by atoms with van der Waals surface area (Å²) in [5.74, 6) is 2.00. The zero-order chi connectivity index (χ0) is 19.5. The number of benzene rings is 3. The maximum atomic E-state index is 5.83. The monoisotopic (exact) mass is 382 g/mol. The predicted molar refractivity (Wildman–Crippen MR) is 112 cm³/mol. The molecule has 7 nitrogen and oxygen atoms in total. The van der Waals surface area contributed by atoms with Crippen LogP contribution in [0.4, 0.5) is 11.6 Å². The quantitative estimate of drug-likeness (QED) is 0.397. The minimum Gasteiger partial charge on any atom is -0.489 e. The van der Waals surface area contributed by atoms with Gasteiger partial charge in [-0.05, 0) is 48.0 Å². The maximum absolute atomic E-state index is 5.83. The van der Waals surface area contributed by atoms with E-state index in [9.17, 15) is 0 Å². The fraction of sp³-hybridized carbons (Fsp3) is 0.0455. The standard InChI is InChI=1S/C22H18N6O/c1-2-4-15(5-3-1)14-29-19-9-6-16(7-10-19)21-25-22(28-27-21)24-18-8-11-20-17(12-18)13-23-26-20/h1-13H,14H2,(H,23,26)(H2,24,25,27,28). The van der Waals surface area contributed by atoms with E-state index in [4.69, 9.17) is 4.74 Å². The van der Waals surface area contributed by atoms with Crippen LogP contribution in [0.1, 0.15) is 5.56 Å². The van der Waals surface area contributed by atoms with E-state index in [2.05, 4.69) is 30.7 Å². The largest absolute Gasteiger partial charge is 0.489 e. The highest BCUT2D eigenvalue weighted by molar-refractivity contribution is 5.82. The molecular weight excluding hydrogens is 364 g/mol. The molecule has 0 spiro atoms. The van der Waals surface area contributed by atoms with E-state index in [0.717, 1.165) is 33.5 Å². The molecule has 0 unspecified atom stereocenters. The van der Waals surface area contributed by atoms with Gasteiger partial charge < -0.3 is 10.1 Å². The Bertz CT molecular complexity index is 1230. The van der Waals surface area contributed by atoms with Crippen LogP contribution in [-0.2, 0) is 6.61 Å². The van der Waals surface area contributed by atoms with Crippen molar-refractivity contribution in [3.05, 3.63) is 84.6 Å². The van der Waals surface area contributed by atoms with Crippen molar-refractivity contribution >= 4 is 22.5 Å². The third-order valence-corrected chi connectivity index (χ3v) is 4.56. The molecule has 3 N–H and O–H groups in total. The van der Waals surface area contributed by atoms with Crippen molar-refractivity contribution in [2.45, 2.75) is 6.61 Å². The molecule has 0 aliphatic rings. The van der Waals surface area contributed by atoms with Gasteiger partial charge >= 0.3 is 0 Å². The van der Waals surface area contributed by atoms with E-state index in [0.29, 0.717) is 18.4 Å². The van der Waals surface area contributed by atoms with Crippen molar-refractivity contribution in [3.8, 4) is 17.1 Å². The minimum atomic E-state index is 0.507. The zero-order valence-corrected chi connectivity index (χ0v) is 15.5. The number of aromatic amines is 2. The number of fused-ring (bicyclic) bond motifs is 1. The van der Waals surface area contributed by atoms with Gasteiger partial charge in [-0.3, -0.25) is 10.2 Å². The van der Waals surface area contributed by atoms with Gasteiger partial charge in [-0.2, -0.15) is 10.1 Å². The van der Waals surface area contributed by atoms with Gasteiger partial charge in [-0.1, -0.05) is 30.3 Å². The number of hydrogen-bond acceptors (Lipinski definition) is 5. The summed E-state index contributed by atoms with van der Waals surface area (Å²) in [4.78, 5) is 4.52. The number of hydrogen-bond donors (Lipinski definition) is 3. The van der Waals surface area contributed by atoms with Crippen molar-refractivity contribution in [1.29, 1.82) is 0 Å². The lowest BCUT2D eigenvalue weighted by atomic mass is 10.2. The lowest BCUT2D eigenvalue weighted by Crippen LogP contribution is -1.94. The number of anilines is 2. The van der Waals surface area contributed by atoms with Crippen LogP contribution < -0.4 is 10.1 Å². The molecule has 0 aliphatic heterocycles. The van der Waals surface area contributed by atoms with Crippen molar-refractivity contribution in [2.75, 3.05) is 5.32 Å². The Morgan fingerprint density at radius 3 is 2.62 bits per heavy atom. The Kier molecular flexibility index (Phi) is 4.38. The van der Waals surface area contributed by atoms with Gasteiger partial charge in [0, 0.05) is 16.6 Å². The van der Waals surface area contributed by atoms with Crippen LogP contribution >= 0.6 is 0 Å². The molecule has 0 saturated heterocycles. The summed E-state index contributed by atoms with van der Waals surface area (Å²) < 4.78 is 5.83. The molecule has 142 valence electrons. The van der Waals surface area contributed by atoms with Gasteiger partial charge in [0.15, 0.2) is 5.82 Å². The Balaban J connectivity index is 1.26. The molecule has 7 heteroatoms. The first-order valence-corrected chi connectivity index (χ1v) is 9.23. The van der Waals surface area contributed by atoms with Gasteiger partial charge in [0.1, 0.15) is 12.4 Å². The molecule has 2 heterocycles. The minimum absolute atomic E-state index is 0.507. The number of aromatic nitrogens is 5. The third kappa shape index (κ3) is 3.79. The second kappa shape index (κ2) is 7.47. The summed E-state index contributed by atoms with van der Waals surface area (Å²) >= 11 is 0. The van der Waals surface area contributed by atoms with Crippen LogP contribution in [0.25, 0.3) is 22.3 Å². The molecule has 29 heavy (non-hydrogen) atoms. The van der Waals surface area contributed by atoms with E-state index in [-0.39, 0.29) is 0 Å². The van der Waals surface area contributed by atoms with Crippen molar-refractivity contribution < 1.29 is 4.74 Å². The van der Waals surface area contributed by atoms with Crippen molar-refractivity contribution in [3.63, 3.8) is 0 Å². The number of H-pyrrole nitrogens is 2. The maximum Gasteiger partial charge on any atom is 0.246 e. The lowest BCUT2D eigenvalue weighted by Gasteiger charge is -2.06. The molecule has 0 saturated carbocycles. The van der Waals surface area contributed by atoms with Gasteiger partial charge in [0.05, 0.1) is 11.7 Å². The van der Waals surface area contributed by atoms with E-state index in [1.165, 1.54) is 0 Å². The molecular formula is C22H18N6O. The topological polar surface area (TPSA) is 91.5 Å². The third-order valence-electron chi connectivity index (χ3n) is 4.56. The molecule has 5 aromatic rings. The molecule has 0 radical (unpaired) electrons.